The molecule has 3 rings (SSSR count). The van der Waals surface area contributed by atoms with Crippen LogP contribution >= 0.6 is 11.6 Å². The maximum absolute atomic E-state index is 13.4. The molecule has 0 bridgehead atoms. The standard InChI is InChI=1S/C25H28ClN3O5S/c1-28(35(2,32)33)18-24(30)29(17-20-10-12-21(26)13-11-20)23(15-19-7-4-3-5-8-19)25(31)27-16-22-9-6-14-34-22/h3-14,23H,15-18H2,1-2H3,(H,27,31)/t23-/m1/s1. The highest BCUT2D eigenvalue weighted by Gasteiger charge is 2.32. The predicted octanol–water partition coefficient (Wildman–Crippen LogP) is 3.08. The SMILES string of the molecule is CN(CC(=O)N(Cc1ccc(Cl)cc1)[C@H](Cc1ccccc1)C(=O)NCc1ccco1)S(C)(=O)=O. The molecule has 3 aromatic rings. The fourth-order valence-corrected chi connectivity index (χ4v) is 3.92. The largest absolute Gasteiger partial charge is 0.467 e. The molecule has 0 fully saturated rings. The minimum Gasteiger partial charge on any atom is -0.467 e. The highest BCUT2D eigenvalue weighted by Crippen LogP contribution is 2.17. The monoisotopic (exact) mass is 517 g/mol. The van der Waals surface area contributed by atoms with Crippen LogP contribution in [0.1, 0.15) is 16.9 Å². The summed E-state index contributed by atoms with van der Waals surface area (Å²) in [5, 5.41) is 3.38. The van der Waals surface area contributed by atoms with Crippen LogP contribution in [-0.4, -0.2) is 55.3 Å². The van der Waals surface area contributed by atoms with Gasteiger partial charge in [-0.1, -0.05) is 54.1 Å². The molecule has 10 heteroatoms. The molecular weight excluding hydrogens is 490 g/mol. The minimum absolute atomic E-state index is 0.0965. The smallest absolute Gasteiger partial charge is 0.243 e. The minimum atomic E-state index is -3.60. The van der Waals surface area contributed by atoms with Crippen LogP contribution in [0, 0.1) is 0 Å². The van der Waals surface area contributed by atoms with Crippen LogP contribution in [0.25, 0.3) is 0 Å². The zero-order valence-electron chi connectivity index (χ0n) is 19.6. The molecule has 0 aliphatic carbocycles. The molecule has 1 heterocycles. The molecule has 2 aromatic carbocycles. The van der Waals surface area contributed by atoms with Crippen molar-refractivity contribution in [2.45, 2.75) is 25.6 Å². The van der Waals surface area contributed by atoms with E-state index < -0.39 is 28.5 Å². The Bertz CT molecular complexity index is 1220. The summed E-state index contributed by atoms with van der Waals surface area (Å²) in [6.07, 6.45) is 2.79. The summed E-state index contributed by atoms with van der Waals surface area (Å²) >= 11 is 6.01. The molecule has 0 radical (unpaired) electrons. The Morgan fingerprint density at radius 1 is 1.00 bits per heavy atom. The Kier molecular flexibility index (Phi) is 9.08. The van der Waals surface area contributed by atoms with Crippen LogP contribution in [-0.2, 0) is 39.1 Å². The molecule has 0 saturated heterocycles. The van der Waals surface area contributed by atoms with Crippen LogP contribution in [0.4, 0.5) is 0 Å². The third-order valence-corrected chi connectivity index (χ3v) is 6.99. The van der Waals surface area contributed by atoms with Crippen molar-refractivity contribution < 1.29 is 22.4 Å². The molecule has 8 nitrogen and oxygen atoms in total. The van der Waals surface area contributed by atoms with E-state index in [9.17, 15) is 18.0 Å². The summed E-state index contributed by atoms with van der Waals surface area (Å²) in [5.74, 6) is -0.305. The number of nitrogens with zero attached hydrogens (tertiary/aromatic N) is 2. The lowest BCUT2D eigenvalue weighted by Gasteiger charge is -2.32. The van der Waals surface area contributed by atoms with Gasteiger partial charge in [-0.25, -0.2) is 8.42 Å². The van der Waals surface area contributed by atoms with Crippen molar-refractivity contribution in [2.24, 2.45) is 0 Å². The van der Waals surface area contributed by atoms with E-state index in [0.717, 1.165) is 21.7 Å². The lowest BCUT2D eigenvalue weighted by Crippen LogP contribution is -2.52. The third kappa shape index (κ3) is 7.95. The van der Waals surface area contributed by atoms with Crippen molar-refractivity contribution in [2.75, 3.05) is 19.8 Å². The van der Waals surface area contributed by atoms with E-state index in [1.165, 1.54) is 18.2 Å². The lowest BCUT2D eigenvalue weighted by atomic mass is 10.0. The predicted molar refractivity (Wildman–Crippen MR) is 134 cm³/mol. The Balaban J connectivity index is 1.93. The highest BCUT2D eigenvalue weighted by molar-refractivity contribution is 7.88. The van der Waals surface area contributed by atoms with Gasteiger partial charge in [-0.15, -0.1) is 0 Å². The number of furan rings is 1. The number of hydrogen-bond donors (Lipinski definition) is 1. The molecule has 0 unspecified atom stereocenters. The van der Waals surface area contributed by atoms with Gasteiger partial charge in [0.05, 0.1) is 25.6 Å². The number of carbonyl (C=O) groups excluding carboxylic acids is 2. The topological polar surface area (TPSA) is 99.9 Å². The quantitative estimate of drug-likeness (QED) is 0.421. The molecule has 0 aliphatic heterocycles. The molecule has 1 aromatic heterocycles. The number of sulfonamides is 1. The first-order valence-corrected chi connectivity index (χ1v) is 13.2. The Hall–Kier alpha value is -3.14. The third-order valence-electron chi connectivity index (χ3n) is 5.48. The van der Waals surface area contributed by atoms with E-state index in [1.807, 2.05) is 30.3 Å². The van der Waals surface area contributed by atoms with Crippen molar-refractivity contribution in [3.05, 3.63) is 94.9 Å². The zero-order chi connectivity index (χ0) is 25.4. The van der Waals surface area contributed by atoms with Gasteiger partial charge in [0.25, 0.3) is 0 Å². The first-order valence-electron chi connectivity index (χ1n) is 10.9. The number of likely N-dealkylation sites (N-methyl/N-ethyl adjacent to an activating group) is 1. The Morgan fingerprint density at radius 3 is 2.29 bits per heavy atom. The number of nitrogens with one attached hydrogen (secondary N) is 1. The zero-order valence-corrected chi connectivity index (χ0v) is 21.1. The van der Waals surface area contributed by atoms with E-state index >= 15 is 0 Å². The maximum Gasteiger partial charge on any atom is 0.243 e. The van der Waals surface area contributed by atoms with Gasteiger partial charge in [0, 0.05) is 25.0 Å². The summed E-state index contributed by atoms with van der Waals surface area (Å²) in [6.45, 7) is -0.147. The molecular formula is C25H28ClN3O5S. The van der Waals surface area contributed by atoms with Gasteiger partial charge in [-0.2, -0.15) is 4.31 Å². The second-order valence-corrected chi connectivity index (χ2v) is 10.7. The maximum atomic E-state index is 13.4. The second kappa shape index (κ2) is 12.0. The molecule has 0 saturated carbocycles. The lowest BCUT2D eigenvalue weighted by molar-refractivity contribution is -0.141. The van der Waals surface area contributed by atoms with Crippen molar-refractivity contribution >= 4 is 33.4 Å². The normalized spacial score (nSPS) is 12.3. The van der Waals surface area contributed by atoms with Crippen LogP contribution in [0.3, 0.4) is 0 Å². The van der Waals surface area contributed by atoms with Crippen LogP contribution in [0.15, 0.2) is 77.4 Å². The van der Waals surface area contributed by atoms with Crippen LogP contribution in [0.2, 0.25) is 5.02 Å². The Morgan fingerprint density at radius 2 is 1.69 bits per heavy atom. The Labute approximate surface area is 210 Å². The summed E-state index contributed by atoms with van der Waals surface area (Å²) < 4.78 is 30.2. The van der Waals surface area contributed by atoms with E-state index in [2.05, 4.69) is 5.32 Å². The highest BCUT2D eigenvalue weighted by atomic mass is 35.5. The average Bonchev–Trinajstić information content (AvgIpc) is 3.34. The van der Waals surface area contributed by atoms with E-state index in [-0.39, 0.29) is 25.4 Å². The van der Waals surface area contributed by atoms with Gasteiger partial charge in [-0.05, 0) is 35.4 Å². The molecule has 186 valence electrons. The summed E-state index contributed by atoms with van der Waals surface area (Å²) in [6, 6.07) is 18.8. The summed E-state index contributed by atoms with van der Waals surface area (Å²) in [4.78, 5) is 28.3. The van der Waals surface area contributed by atoms with E-state index in [4.69, 9.17) is 16.0 Å². The van der Waals surface area contributed by atoms with Crippen molar-refractivity contribution in [3.8, 4) is 0 Å². The molecule has 1 atom stereocenters. The van der Waals surface area contributed by atoms with Crippen LogP contribution < -0.4 is 5.32 Å². The number of amides is 2. The van der Waals surface area contributed by atoms with Gasteiger partial charge < -0.3 is 14.6 Å². The summed E-state index contributed by atoms with van der Waals surface area (Å²) in [5.41, 5.74) is 1.61. The van der Waals surface area contributed by atoms with Gasteiger partial charge in [-0.3, -0.25) is 9.59 Å². The first-order chi connectivity index (χ1) is 16.6. The number of halogens is 1. The molecule has 35 heavy (non-hydrogen) atoms. The molecule has 2 amide bonds. The number of carbonyl (C=O) groups is 2. The van der Waals surface area contributed by atoms with Crippen molar-refractivity contribution in [3.63, 3.8) is 0 Å². The number of hydrogen-bond acceptors (Lipinski definition) is 5. The van der Waals surface area contributed by atoms with E-state index in [0.29, 0.717) is 10.8 Å². The molecule has 0 aliphatic rings. The van der Waals surface area contributed by atoms with Gasteiger partial charge >= 0.3 is 0 Å². The second-order valence-electron chi connectivity index (χ2n) is 8.17. The van der Waals surface area contributed by atoms with Crippen molar-refractivity contribution in [1.29, 1.82) is 0 Å². The molecule has 1 N–H and O–H groups in total. The van der Waals surface area contributed by atoms with Gasteiger partial charge in [0.15, 0.2) is 0 Å². The number of rotatable bonds is 11. The summed E-state index contributed by atoms with van der Waals surface area (Å²) in [7, 11) is -2.27. The average molecular weight is 518 g/mol. The van der Waals surface area contributed by atoms with E-state index in [1.54, 1.807) is 36.4 Å². The molecule has 0 spiro atoms. The van der Waals surface area contributed by atoms with Gasteiger partial charge in [0.1, 0.15) is 11.8 Å². The fourth-order valence-electron chi connectivity index (χ4n) is 3.44. The fraction of sp³-hybridized carbons (Fsp3) is 0.280. The van der Waals surface area contributed by atoms with Crippen molar-refractivity contribution in [1.82, 2.24) is 14.5 Å². The van der Waals surface area contributed by atoms with Crippen LogP contribution in [0.5, 0.6) is 0 Å². The first kappa shape index (κ1) is 26.5. The van der Waals surface area contributed by atoms with Gasteiger partial charge in [0.2, 0.25) is 21.8 Å². The number of benzene rings is 2.